The van der Waals surface area contributed by atoms with Crippen LogP contribution < -0.4 is 0 Å². The predicted octanol–water partition coefficient (Wildman–Crippen LogP) is 14.1. The molecular formula is C51H31N3OS. The minimum Gasteiger partial charge on any atom is -0.455 e. The summed E-state index contributed by atoms with van der Waals surface area (Å²) >= 11 is 1.86. The smallest absolute Gasteiger partial charge is 0.160 e. The summed E-state index contributed by atoms with van der Waals surface area (Å²) in [4.78, 5) is 14.4. The van der Waals surface area contributed by atoms with E-state index in [1.165, 1.54) is 31.3 Å². The van der Waals surface area contributed by atoms with Gasteiger partial charge >= 0.3 is 0 Å². The highest BCUT2D eigenvalue weighted by Gasteiger charge is 2.20. The van der Waals surface area contributed by atoms with Gasteiger partial charge in [0.2, 0.25) is 0 Å². The molecule has 7 aromatic carbocycles. The van der Waals surface area contributed by atoms with Crippen molar-refractivity contribution in [2.24, 2.45) is 0 Å². The number of thiophene rings is 1. The fraction of sp³-hybridized carbons (Fsp3) is 0. The predicted molar refractivity (Wildman–Crippen MR) is 233 cm³/mol. The van der Waals surface area contributed by atoms with Gasteiger partial charge in [0.15, 0.2) is 5.82 Å². The van der Waals surface area contributed by atoms with Crippen molar-refractivity contribution < 1.29 is 4.42 Å². The van der Waals surface area contributed by atoms with Crippen LogP contribution in [0.3, 0.4) is 0 Å². The van der Waals surface area contributed by atoms with Crippen LogP contribution in [-0.4, -0.2) is 15.0 Å². The number of furan rings is 1. The molecule has 56 heavy (non-hydrogen) atoms. The molecule has 11 aromatic rings. The van der Waals surface area contributed by atoms with Crippen LogP contribution in [0.25, 0.3) is 109 Å². The zero-order valence-electron chi connectivity index (χ0n) is 30.1. The molecule has 0 aliphatic carbocycles. The summed E-state index contributed by atoms with van der Waals surface area (Å²) < 4.78 is 9.32. The van der Waals surface area contributed by atoms with Crippen molar-refractivity contribution >= 4 is 53.4 Å². The molecule has 0 fully saturated rings. The summed E-state index contributed by atoms with van der Waals surface area (Å²) in [5, 5.41) is 4.83. The zero-order chi connectivity index (χ0) is 37.0. The summed E-state index contributed by atoms with van der Waals surface area (Å²) in [6, 6.07) is 61.6. The molecule has 5 heteroatoms. The summed E-state index contributed by atoms with van der Waals surface area (Å²) in [6.07, 6.45) is 3.68. The maximum atomic E-state index is 6.73. The van der Waals surface area contributed by atoms with E-state index < -0.39 is 0 Å². The van der Waals surface area contributed by atoms with Gasteiger partial charge in [0.05, 0.1) is 11.4 Å². The Morgan fingerprint density at radius 3 is 1.84 bits per heavy atom. The average molecular weight is 734 g/mol. The van der Waals surface area contributed by atoms with E-state index in [1.54, 1.807) is 6.20 Å². The first-order valence-corrected chi connectivity index (χ1v) is 19.5. The second-order valence-corrected chi connectivity index (χ2v) is 15.0. The van der Waals surface area contributed by atoms with Gasteiger partial charge in [-0.15, -0.1) is 11.3 Å². The lowest BCUT2D eigenvalue weighted by molar-refractivity contribution is 0.670. The Bertz CT molecular complexity index is 3220. The van der Waals surface area contributed by atoms with Crippen LogP contribution in [0, 0.1) is 0 Å². The monoisotopic (exact) mass is 733 g/mol. The van der Waals surface area contributed by atoms with Gasteiger partial charge in [-0.05, 0) is 52.6 Å². The number of pyridine rings is 1. The number of nitrogens with zero attached hydrogens (tertiary/aromatic N) is 3. The molecule has 0 bridgehead atoms. The first kappa shape index (κ1) is 32.2. The Morgan fingerprint density at radius 2 is 1.07 bits per heavy atom. The van der Waals surface area contributed by atoms with Gasteiger partial charge in [-0.25, -0.2) is 9.97 Å². The number of rotatable bonds is 6. The van der Waals surface area contributed by atoms with Crippen molar-refractivity contribution in [3.63, 3.8) is 0 Å². The molecule has 4 heterocycles. The molecule has 0 spiro atoms. The van der Waals surface area contributed by atoms with Gasteiger partial charge in [0, 0.05) is 71.2 Å². The summed E-state index contributed by atoms with van der Waals surface area (Å²) in [7, 11) is 0. The lowest BCUT2D eigenvalue weighted by Gasteiger charge is -2.12. The number of para-hydroxylation sites is 1. The maximum absolute atomic E-state index is 6.73. The van der Waals surface area contributed by atoms with Gasteiger partial charge in [-0.2, -0.15) is 0 Å². The third kappa shape index (κ3) is 5.48. The summed E-state index contributed by atoms with van der Waals surface area (Å²) in [6.45, 7) is 0. The van der Waals surface area contributed by atoms with E-state index in [1.807, 2.05) is 47.9 Å². The molecule has 0 amide bonds. The second kappa shape index (κ2) is 13.3. The van der Waals surface area contributed by atoms with E-state index in [0.29, 0.717) is 5.82 Å². The van der Waals surface area contributed by atoms with Crippen LogP contribution in [0.4, 0.5) is 0 Å². The lowest BCUT2D eigenvalue weighted by Crippen LogP contribution is -1.96. The van der Waals surface area contributed by atoms with E-state index in [4.69, 9.17) is 14.4 Å². The van der Waals surface area contributed by atoms with Crippen molar-refractivity contribution in [1.29, 1.82) is 0 Å². The minimum absolute atomic E-state index is 0.687. The number of benzene rings is 7. The third-order valence-corrected chi connectivity index (χ3v) is 11.9. The summed E-state index contributed by atoms with van der Waals surface area (Å²) in [5.74, 6) is 0.687. The molecule has 0 aliphatic heterocycles. The Balaban J connectivity index is 1.02. The third-order valence-electron chi connectivity index (χ3n) is 10.6. The molecule has 0 saturated carbocycles. The van der Waals surface area contributed by atoms with Gasteiger partial charge in [0.25, 0.3) is 0 Å². The SMILES string of the molecule is c1ccc(-c2nc(-c3ccc(-c4cccnc4)cc3)cc(-c3ccc(-c4ccc(-c5cccc6c5sc5ccccc56)c5c4oc4ccccc45)cc3)n2)cc1. The Hall–Kier alpha value is -7.21. The van der Waals surface area contributed by atoms with Crippen LogP contribution in [0.15, 0.2) is 193 Å². The Kier molecular flexibility index (Phi) is 7.64. The van der Waals surface area contributed by atoms with Gasteiger partial charge in [0.1, 0.15) is 11.2 Å². The van der Waals surface area contributed by atoms with Crippen LogP contribution in [-0.2, 0) is 0 Å². The van der Waals surface area contributed by atoms with Crippen LogP contribution >= 0.6 is 11.3 Å². The van der Waals surface area contributed by atoms with Crippen molar-refractivity contribution in [3.05, 3.63) is 188 Å². The van der Waals surface area contributed by atoms with Crippen LogP contribution in [0.1, 0.15) is 0 Å². The minimum atomic E-state index is 0.687. The van der Waals surface area contributed by atoms with E-state index >= 15 is 0 Å². The van der Waals surface area contributed by atoms with Gasteiger partial charge < -0.3 is 4.42 Å². The molecule has 262 valence electrons. The van der Waals surface area contributed by atoms with Gasteiger partial charge in [-0.3, -0.25) is 4.98 Å². The van der Waals surface area contributed by atoms with Crippen molar-refractivity contribution in [2.75, 3.05) is 0 Å². The number of fused-ring (bicyclic) bond motifs is 6. The standard InChI is InChI=1S/C51H31N3OS/c1-2-10-36(11-3-1)51-53-44(34-23-19-32(20-24-34)37-12-9-29-52-31-37)30-45(54-51)35-25-21-33(22-26-35)38-27-28-40(48-43-14-4-6-17-46(43)55-49(38)48)42-16-8-15-41-39-13-5-7-18-47(39)56-50(41)42/h1-31H. The number of hydrogen-bond acceptors (Lipinski definition) is 5. The average Bonchev–Trinajstić information content (AvgIpc) is 3.86. The van der Waals surface area contributed by atoms with E-state index in [2.05, 4.69) is 151 Å². The van der Waals surface area contributed by atoms with Crippen molar-refractivity contribution in [2.45, 2.75) is 0 Å². The molecule has 0 saturated heterocycles. The molecule has 4 nitrogen and oxygen atoms in total. The molecule has 0 atom stereocenters. The largest absolute Gasteiger partial charge is 0.455 e. The zero-order valence-corrected chi connectivity index (χ0v) is 30.9. The fourth-order valence-corrected chi connectivity index (χ4v) is 9.12. The Labute approximate surface area is 327 Å². The first-order chi connectivity index (χ1) is 27.7. The highest BCUT2D eigenvalue weighted by molar-refractivity contribution is 7.26. The molecule has 11 rings (SSSR count). The molecular weight excluding hydrogens is 703 g/mol. The summed E-state index contributed by atoms with van der Waals surface area (Å²) in [5.41, 5.74) is 13.2. The van der Waals surface area contributed by atoms with Crippen molar-refractivity contribution in [1.82, 2.24) is 15.0 Å². The lowest BCUT2D eigenvalue weighted by atomic mass is 9.93. The quantitative estimate of drug-likeness (QED) is 0.171. The number of aromatic nitrogens is 3. The number of hydrogen-bond donors (Lipinski definition) is 0. The van der Waals surface area contributed by atoms with E-state index in [9.17, 15) is 0 Å². The normalized spacial score (nSPS) is 11.6. The molecule has 0 radical (unpaired) electrons. The molecule has 4 aromatic heterocycles. The molecule has 0 unspecified atom stereocenters. The first-order valence-electron chi connectivity index (χ1n) is 18.7. The highest BCUT2D eigenvalue weighted by Crippen LogP contribution is 2.46. The Morgan fingerprint density at radius 1 is 0.429 bits per heavy atom. The molecule has 0 aliphatic rings. The highest BCUT2D eigenvalue weighted by atomic mass is 32.1. The van der Waals surface area contributed by atoms with E-state index in [0.717, 1.165) is 72.3 Å². The molecule has 0 N–H and O–H groups in total. The van der Waals surface area contributed by atoms with E-state index in [-0.39, 0.29) is 0 Å². The van der Waals surface area contributed by atoms with Crippen molar-refractivity contribution in [3.8, 4) is 67.3 Å². The topological polar surface area (TPSA) is 51.8 Å². The van der Waals surface area contributed by atoms with Crippen LogP contribution in [0.2, 0.25) is 0 Å². The fourth-order valence-electron chi connectivity index (χ4n) is 7.89. The maximum Gasteiger partial charge on any atom is 0.160 e. The van der Waals surface area contributed by atoms with Gasteiger partial charge in [-0.1, -0.05) is 146 Å². The second-order valence-electron chi connectivity index (χ2n) is 14.0. The van der Waals surface area contributed by atoms with Crippen LogP contribution in [0.5, 0.6) is 0 Å².